The molecule has 1 N–H and O–H groups in total. The second-order valence-electron chi connectivity index (χ2n) is 9.82. The Kier molecular flexibility index (Phi) is 8.19. The van der Waals surface area contributed by atoms with Crippen LogP contribution in [0.25, 0.3) is 5.76 Å². The van der Waals surface area contributed by atoms with Gasteiger partial charge < -0.3 is 19.5 Å². The normalized spacial score (nSPS) is 16.6. The molecule has 1 atom stereocenters. The van der Waals surface area contributed by atoms with Gasteiger partial charge in [0.2, 0.25) is 0 Å². The van der Waals surface area contributed by atoms with Crippen molar-refractivity contribution in [1.82, 2.24) is 4.90 Å². The van der Waals surface area contributed by atoms with Crippen molar-refractivity contribution in [3.05, 3.63) is 106 Å². The summed E-state index contributed by atoms with van der Waals surface area (Å²) in [7, 11) is 1.60. The minimum Gasteiger partial charge on any atom is -0.507 e. The van der Waals surface area contributed by atoms with Gasteiger partial charge in [0.25, 0.3) is 11.7 Å². The number of carbonyl (C=O) groups is 3. The number of ketones is 1. The zero-order valence-electron chi connectivity index (χ0n) is 22.9. The second-order valence-corrected chi connectivity index (χ2v) is 9.82. The van der Waals surface area contributed by atoms with E-state index in [1.165, 1.54) is 4.90 Å². The molecule has 1 fully saturated rings. The molecule has 0 aromatic heterocycles. The number of benzene rings is 3. The van der Waals surface area contributed by atoms with Gasteiger partial charge in [-0.25, -0.2) is 4.79 Å². The Morgan fingerprint density at radius 1 is 1.03 bits per heavy atom. The first-order valence-electron chi connectivity index (χ1n) is 13.0. The Balaban J connectivity index is 1.81. The summed E-state index contributed by atoms with van der Waals surface area (Å²) in [4.78, 5) is 40.4. The van der Waals surface area contributed by atoms with Crippen LogP contribution in [0.15, 0.2) is 72.3 Å². The molecule has 39 heavy (non-hydrogen) atoms. The van der Waals surface area contributed by atoms with Crippen molar-refractivity contribution in [2.24, 2.45) is 0 Å². The highest BCUT2D eigenvalue weighted by Gasteiger charge is 2.46. The van der Waals surface area contributed by atoms with Gasteiger partial charge in [0.15, 0.2) is 0 Å². The summed E-state index contributed by atoms with van der Waals surface area (Å²) in [6, 6.07) is 18.8. The first-order chi connectivity index (χ1) is 18.7. The van der Waals surface area contributed by atoms with Gasteiger partial charge in [-0.15, -0.1) is 0 Å². The molecule has 1 heterocycles. The molecular formula is C32H33NO6. The molecule has 7 nitrogen and oxygen atoms in total. The molecule has 1 aliphatic rings. The summed E-state index contributed by atoms with van der Waals surface area (Å²) < 4.78 is 10.6. The predicted octanol–water partition coefficient (Wildman–Crippen LogP) is 5.93. The minimum absolute atomic E-state index is 0.0392. The molecule has 3 aromatic rings. The van der Waals surface area contributed by atoms with E-state index in [0.717, 1.165) is 16.7 Å². The quantitative estimate of drug-likeness (QED) is 0.169. The maximum Gasteiger partial charge on any atom is 0.338 e. The van der Waals surface area contributed by atoms with E-state index in [4.69, 9.17) is 9.47 Å². The highest BCUT2D eigenvalue weighted by atomic mass is 16.5. The number of esters is 1. The van der Waals surface area contributed by atoms with E-state index in [9.17, 15) is 19.5 Å². The van der Waals surface area contributed by atoms with E-state index in [-0.39, 0.29) is 30.4 Å². The highest BCUT2D eigenvalue weighted by Crippen LogP contribution is 2.42. The van der Waals surface area contributed by atoms with Crippen LogP contribution in [0.3, 0.4) is 0 Å². The lowest BCUT2D eigenvalue weighted by Gasteiger charge is -2.26. The van der Waals surface area contributed by atoms with E-state index in [2.05, 4.69) is 0 Å². The van der Waals surface area contributed by atoms with Crippen molar-refractivity contribution in [1.29, 1.82) is 0 Å². The number of methoxy groups -OCH3 is 1. The monoisotopic (exact) mass is 527 g/mol. The van der Waals surface area contributed by atoms with Gasteiger partial charge in [0.05, 0.1) is 30.9 Å². The lowest BCUT2D eigenvalue weighted by atomic mass is 9.91. The van der Waals surface area contributed by atoms with Gasteiger partial charge >= 0.3 is 5.97 Å². The molecule has 7 heteroatoms. The van der Waals surface area contributed by atoms with Gasteiger partial charge in [-0.3, -0.25) is 9.59 Å². The third kappa shape index (κ3) is 5.43. The molecule has 202 valence electrons. The Morgan fingerprint density at radius 2 is 1.69 bits per heavy atom. The first-order valence-corrected chi connectivity index (χ1v) is 13.0. The molecule has 1 unspecified atom stereocenters. The van der Waals surface area contributed by atoms with Gasteiger partial charge in [-0.2, -0.15) is 0 Å². The molecule has 0 aliphatic carbocycles. The standard InChI is InChI=1S/C32H33NO6/c1-6-39-32(37)23-14-12-21(13-15-23)18-33-28(22-10-8-7-9-11-22)27(30(35)31(33)36)29(34)25-17-24(19(2)3)26(38-5)16-20(25)4/h7-17,19,28,34H,6,18H2,1-5H3/b29-27+. The van der Waals surface area contributed by atoms with E-state index < -0.39 is 23.7 Å². The zero-order valence-corrected chi connectivity index (χ0v) is 22.9. The molecule has 3 aromatic carbocycles. The van der Waals surface area contributed by atoms with Crippen LogP contribution in [0.1, 0.15) is 70.9 Å². The second kappa shape index (κ2) is 11.6. The third-order valence-corrected chi connectivity index (χ3v) is 6.93. The number of likely N-dealkylation sites (tertiary alicyclic amines) is 1. The van der Waals surface area contributed by atoms with E-state index >= 15 is 0 Å². The average Bonchev–Trinajstić information content (AvgIpc) is 3.18. The van der Waals surface area contributed by atoms with Crippen LogP contribution in [0.5, 0.6) is 5.75 Å². The smallest absolute Gasteiger partial charge is 0.338 e. The molecular weight excluding hydrogens is 494 g/mol. The van der Waals surface area contributed by atoms with Gasteiger partial charge in [0.1, 0.15) is 11.5 Å². The first kappa shape index (κ1) is 27.6. The largest absolute Gasteiger partial charge is 0.507 e. The number of hydrogen-bond acceptors (Lipinski definition) is 6. The van der Waals surface area contributed by atoms with Crippen molar-refractivity contribution in [3.8, 4) is 5.75 Å². The molecule has 4 rings (SSSR count). The predicted molar refractivity (Wildman–Crippen MR) is 149 cm³/mol. The molecule has 0 bridgehead atoms. The summed E-state index contributed by atoms with van der Waals surface area (Å²) in [6.07, 6.45) is 0. The van der Waals surface area contributed by atoms with Crippen LogP contribution in [0.2, 0.25) is 0 Å². The van der Waals surface area contributed by atoms with Crippen molar-refractivity contribution in [2.75, 3.05) is 13.7 Å². The lowest BCUT2D eigenvalue weighted by Crippen LogP contribution is -2.29. The van der Waals surface area contributed by atoms with Crippen molar-refractivity contribution < 1.29 is 29.0 Å². The van der Waals surface area contributed by atoms with Crippen LogP contribution in [0, 0.1) is 6.92 Å². The number of Topliss-reactive ketones (excluding diaryl/α,β-unsaturated/α-hetero) is 1. The van der Waals surface area contributed by atoms with Gasteiger partial charge in [-0.1, -0.05) is 56.3 Å². The zero-order chi connectivity index (χ0) is 28.3. The maximum atomic E-state index is 13.5. The summed E-state index contributed by atoms with van der Waals surface area (Å²) in [5.41, 5.74) is 3.97. The minimum atomic E-state index is -0.792. The fourth-order valence-corrected chi connectivity index (χ4v) is 4.91. The average molecular weight is 528 g/mol. The Labute approximate surface area is 228 Å². The number of nitrogens with zero attached hydrogens (tertiary/aromatic N) is 1. The fourth-order valence-electron chi connectivity index (χ4n) is 4.91. The SMILES string of the molecule is CCOC(=O)c1ccc(CN2C(=O)C(=O)/C(=C(/O)c3cc(C(C)C)c(OC)cc3C)C2c2ccccc2)cc1. The molecule has 0 spiro atoms. The van der Waals surface area contributed by atoms with Crippen molar-refractivity contribution in [3.63, 3.8) is 0 Å². The maximum absolute atomic E-state index is 13.5. The molecule has 1 saturated heterocycles. The van der Waals surface area contributed by atoms with Crippen LogP contribution < -0.4 is 4.74 Å². The number of hydrogen-bond donors (Lipinski definition) is 1. The lowest BCUT2D eigenvalue weighted by molar-refractivity contribution is -0.140. The van der Waals surface area contributed by atoms with Gasteiger partial charge in [-0.05, 0) is 66.3 Å². The van der Waals surface area contributed by atoms with Crippen LogP contribution in [-0.4, -0.2) is 41.4 Å². The molecule has 0 saturated carbocycles. The van der Waals surface area contributed by atoms with Crippen LogP contribution in [-0.2, 0) is 20.9 Å². The van der Waals surface area contributed by atoms with Crippen molar-refractivity contribution >= 4 is 23.4 Å². The summed E-state index contributed by atoms with van der Waals surface area (Å²) in [6.45, 7) is 8.00. The van der Waals surface area contributed by atoms with E-state index in [1.54, 1.807) is 38.3 Å². The fraction of sp³-hybridized carbons (Fsp3) is 0.281. The molecule has 1 amide bonds. The number of rotatable bonds is 8. The Hall–Kier alpha value is -4.39. The summed E-state index contributed by atoms with van der Waals surface area (Å²) in [5, 5.41) is 11.6. The number of aliphatic hydroxyl groups excluding tert-OH is 1. The van der Waals surface area contributed by atoms with E-state index in [1.807, 2.05) is 63.2 Å². The summed E-state index contributed by atoms with van der Waals surface area (Å²) >= 11 is 0. The number of amides is 1. The molecule has 0 radical (unpaired) electrons. The van der Waals surface area contributed by atoms with Crippen LogP contribution >= 0.6 is 0 Å². The summed E-state index contributed by atoms with van der Waals surface area (Å²) in [5.74, 6) is -1.28. The van der Waals surface area contributed by atoms with E-state index in [0.29, 0.717) is 22.4 Å². The number of ether oxygens (including phenoxy) is 2. The molecule has 1 aliphatic heterocycles. The number of carbonyl (C=O) groups excluding carboxylic acids is 3. The number of aliphatic hydroxyl groups is 1. The Morgan fingerprint density at radius 3 is 2.28 bits per heavy atom. The van der Waals surface area contributed by atoms with Crippen LogP contribution in [0.4, 0.5) is 0 Å². The Bertz CT molecular complexity index is 1420. The topological polar surface area (TPSA) is 93.1 Å². The highest BCUT2D eigenvalue weighted by molar-refractivity contribution is 6.46. The number of aryl methyl sites for hydroxylation is 1. The van der Waals surface area contributed by atoms with Gasteiger partial charge in [0, 0.05) is 12.1 Å². The third-order valence-electron chi connectivity index (χ3n) is 6.93. The van der Waals surface area contributed by atoms with Crippen molar-refractivity contribution in [2.45, 2.75) is 46.2 Å².